The normalized spacial score (nSPS) is 17.1. The van der Waals surface area contributed by atoms with Crippen molar-refractivity contribution in [2.75, 3.05) is 18.4 Å². The number of hydrogen-bond donors (Lipinski definition) is 2. The van der Waals surface area contributed by atoms with Crippen LogP contribution in [0.4, 0.5) is 10.5 Å². The van der Waals surface area contributed by atoms with Crippen molar-refractivity contribution in [3.63, 3.8) is 0 Å². The summed E-state index contributed by atoms with van der Waals surface area (Å²) in [4.78, 5) is 24.4. The Balaban J connectivity index is 1.94. The number of nitrogens with one attached hydrogen (secondary N) is 1. The Labute approximate surface area is 124 Å². The molecule has 0 saturated carbocycles. The van der Waals surface area contributed by atoms with E-state index in [-0.39, 0.29) is 11.4 Å². The number of carbonyl (C=O) groups is 2. The van der Waals surface area contributed by atoms with Gasteiger partial charge in [0.2, 0.25) is 0 Å². The maximum absolute atomic E-state index is 12.1. The minimum Gasteiger partial charge on any atom is -0.478 e. The maximum Gasteiger partial charge on any atom is 0.328 e. The lowest BCUT2D eigenvalue weighted by atomic mass is 9.93. The number of likely N-dealkylation sites (tertiary alicyclic amines) is 1. The van der Waals surface area contributed by atoms with Crippen molar-refractivity contribution in [1.82, 2.24) is 4.90 Å². The summed E-state index contributed by atoms with van der Waals surface area (Å²) in [6, 6.07) is 6.97. The Morgan fingerprint density at radius 2 is 1.95 bits per heavy atom. The molecule has 1 aromatic carbocycles. The third kappa shape index (κ3) is 4.34. The lowest BCUT2D eigenvalue weighted by Gasteiger charge is -2.20. The van der Waals surface area contributed by atoms with Crippen molar-refractivity contribution < 1.29 is 14.7 Å². The lowest BCUT2D eigenvalue weighted by Crippen LogP contribution is -2.34. The van der Waals surface area contributed by atoms with Gasteiger partial charge in [0.1, 0.15) is 0 Å². The quantitative estimate of drug-likeness (QED) is 0.840. The van der Waals surface area contributed by atoms with E-state index in [2.05, 4.69) is 19.2 Å². The van der Waals surface area contributed by atoms with Gasteiger partial charge in [-0.2, -0.15) is 0 Å². The Morgan fingerprint density at radius 1 is 1.29 bits per heavy atom. The van der Waals surface area contributed by atoms with Gasteiger partial charge in [-0.25, -0.2) is 9.59 Å². The Bertz CT molecular complexity index is 561. The van der Waals surface area contributed by atoms with Crippen LogP contribution in [0.25, 0.3) is 6.08 Å². The van der Waals surface area contributed by atoms with E-state index in [0.717, 1.165) is 31.1 Å². The molecule has 1 aromatic rings. The van der Waals surface area contributed by atoms with Crippen molar-refractivity contribution in [2.24, 2.45) is 5.41 Å². The number of aliphatic carboxylic acids is 1. The van der Waals surface area contributed by atoms with Crippen molar-refractivity contribution in [3.05, 3.63) is 35.9 Å². The van der Waals surface area contributed by atoms with Gasteiger partial charge in [0.15, 0.2) is 0 Å². The molecule has 0 aliphatic carbocycles. The predicted molar refractivity (Wildman–Crippen MR) is 82.1 cm³/mol. The van der Waals surface area contributed by atoms with E-state index in [1.54, 1.807) is 24.3 Å². The SMILES string of the molecule is CC1(C)CCN(C(=O)Nc2ccc(/C=C/C(=O)O)cc2)C1. The zero-order valence-corrected chi connectivity index (χ0v) is 12.3. The molecule has 0 aromatic heterocycles. The second kappa shape index (κ2) is 5.99. The average Bonchev–Trinajstić information content (AvgIpc) is 2.78. The summed E-state index contributed by atoms with van der Waals surface area (Å²) in [6.07, 6.45) is 3.61. The largest absolute Gasteiger partial charge is 0.478 e. The number of carboxylic acid groups (broad SMARTS) is 1. The van der Waals surface area contributed by atoms with Gasteiger partial charge in [-0.3, -0.25) is 0 Å². The molecule has 2 N–H and O–H groups in total. The number of carbonyl (C=O) groups excluding carboxylic acids is 1. The first-order valence-electron chi connectivity index (χ1n) is 6.93. The van der Waals surface area contributed by atoms with Crippen molar-refractivity contribution in [1.29, 1.82) is 0 Å². The molecule has 0 bridgehead atoms. The highest BCUT2D eigenvalue weighted by Crippen LogP contribution is 2.29. The zero-order valence-electron chi connectivity index (χ0n) is 12.3. The topological polar surface area (TPSA) is 69.6 Å². The number of anilines is 1. The third-order valence-electron chi connectivity index (χ3n) is 3.54. The predicted octanol–water partition coefficient (Wildman–Crippen LogP) is 3.05. The van der Waals surface area contributed by atoms with Crippen LogP contribution in [0.15, 0.2) is 30.3 Å². The van der Waals surface area contributed by atoms with Crippen molar-refractivity contribution in [2.45, 2.75) is 20.3 Å². The van der Waals surface area contributed by atoms with Crippen LogP contribution < -0.4 is 5.32 Å². The van der Waals surface area contributed by atoms with Crippen molar-refractivity contribution in [3.8, 4) is 0 Å². The first-order valence-corrected chi connectivity index (χ1v) is 6.93. The van der Waals surface area contributed by atoms with Crippen LogP contribution in [0, 0.1) is 5.41 Å². The molecule has 1 heterocycles. The molecule has 1 fully saturated rings. The summed E-state index contributed by atoms with van der Waals surface area (Å²) in [5.74, 6) is -0.982. The average molecular weight is 288 g/mol. The van der Waals surface area contributed by atoms with Gasteiger partial charge < -0.3 is 15.3 Å². The van der Waals surface area contributed by atoms with Crippen LogP contribution in [-0.2, 0) is 4.79 Å². The maximum atomic E-state index is 12.1. The van der Waals surface area contributed by atoms with E-state index >= 15 is 0 Å². The fourth-order valence-electron chi connectivity index (χ4n) is 2.33. The molecule has 0 radical (unpaired) electrons. The molecule has 1 saturated heterocycles. The summed E-state index contributed by atoms with van der Waals surface area (Å²) < 4.78 is 0. The van der Waals surface area contributed by atoms with Gasteiger partial charge in [0, 0.05) is 24.9 Å². The Morgan fingerprint density at radius 3 is 2.48 bits per heavy atom. The van der Waals surface area contributed by atoms with Gasteiger partial charge >= 0.3 is 12.0 Å². The number of nitrogens with zero attached hydrogens (tertiary/aromatic N) is 1. The molecule has 1 aliphatic heterocycles. The van der Waals surface area contributed by atoms with E-state index in [1.807, 2.05) is 4.90 Å². The third-order valence-corrected chi connectivity index (χ3v) is 3.54. The lowest BCUT2D eigenvalue weighted by molar-refractivity contribution is -0.131. The van der Waals surface area contributed by atoms with Crippen LogP contribution in [0.5, 0.6) is 0 Å². The summed E-state index contributed by atoms with van der Waals surface area (Å²) >= 11 is 0. The van der Waals surface area contributed by atoms with Crippen LogP contribution in [-0.4, -0.2) is 35.1 Å². The molecule has 112 valence electrons. The first kappa shape index (κ1) is 15.1. The van der Waals surface area contributed by atoms with Crippen molar-refractivity contribution >= 4 is 23.8 Å². The van der Waals surface area contributed by atoms with Gasteiger partial charge in [-0.1, -0.05) is 26.0 Å². The number of amides is 2. The van der Waals surface area contributed by atoms with Gasteiger partial charge in [-0.15, -0.1) is 0 Å². The second-order valence-electron chi connectivity index (χ2n) is 6.06. The smallest absolute Gasteiger partial charge is 0.328 e. The van der Waals surface area contributed by atoms with Crippen LogP contribution in [0.2, 0.25) is 0 Å². The standard InChI is InChI=1S/C16H20N2O3/c1-16(2)9-10-18(11-16)15(21)17-13-6-3-12(4-7-13)5-8-14(19)20/h3-8H,9-11H2,1-2H3,(H,17,21)(H,19,20)/b8-5+. The van der Waals surface area contributed by atoms with Crippen LogP contribution in [0.3, 0.4) is 0 Å². The first-order chi connectivity index (χ1) is 9.85. The second-order valence-corrected chi connectivity index (χ2v) is 6.06. The van der Waals surface area contributed by atoms with Gasteiger partial charge in [-0.05, 0) is 35.6 Å². The monoisotopic (exact) mass is 288 g/mol. The molecule has 2 amide bonds. The molecule has 0 atom stereocenters. The number of urea groups is 1. The molecular weight excluding hydrogens is 268 g/mol. The minimum atomic E-state index is -0.982. The summed E-state index contributed by atoms with van der Waals surface area (Å²) in [5, 5.41) is 11.4. The molecule has 0 spiro atoms. The fraction of sp³-hybridized carbons (Fsp3) is 0.375. The highest BCUT2D eigenvalue weighted by atomic mass is 16.4. The summed E-state index contributed by atoms with van der Waals surface area (Å²) in [6.45, 7) is 5.85. The molecular formula is C16H20N2O3. The number of hydrogen-bond acceptors (Lipinski definition) is 2. The Hall–Kier alpha value is -2.30. The Kier molecular flexibility index (Phi) is 4.31. The van der Waals surface area contributed by atoms with Gasteiger partial charge in [0.25, 0.3) is 0 Å². The molecule has 1 aliphatic rings. The molecule has 5 heteroatoms. The number of benzene rings is 1. The van der Waals surface area contributed by atoms with Crippen LogP contribution in [0.1, 0.15) is 25.8 Å². The van der Waals surface area contributed by atoms with Gasteiger partial charge in [0.05, 0.1) is 0 Å². The van der Waals surface area contributed by atoms with E-state index in [1.165, 1.54) is 6.08 Å². The molecule has 5 nitrogen and oxygen atoms in total. The number of carboxylic acids is 1. The fourth-order valence-corrected chi connectivity index (χ4v) is 2.33. The molecule has 0 unspecified atom stereocenters. The zero-order chi connectivity index (χ0) is 15.5. The number of rotatable bonds is 3. The van der Waals surface area contributed by atoms with E-state index in [9.17, 15) is 9.59 Å². The van der Waals surface area contributed by atoms with E-state index < -0.39 is 5.97 Å². The van der Waals surface area contributed by atoms with E-state index in [0.29, 0.717) is 5.69 Å². The highest BCUT2D eigenvalue weighted by molar-refractivity contribution is 5.90. The highest BCUT2D eigenvalue weighted by Gasteiger charge is 2.31. The molecule has 2 rings (SSSR count). The summed E-state index contributed by atoms with van der Waals surface area (Å²) in [7, 11) is 0. The van der Waals surface area contributed by atoms with Crippen LogP contribution >= 0.6 is 0 Å². The summed E-state index contributed by atoms with van der Waals surface area (Å²) in [5.41, 5.74) is 1.66. The minimum absolute atomic E-state index is 0.0885. The molecule has 21 heavy (non-hydrogen) atoms. The van der Waals surface area contributed by atoms with E-state index in [4.69, 9.17) is 5.11 Å².